The van der Waals surface area contributed by atoms with E-state index in [2.05, 4.69) is 35.8 Å². The van der Waals surface area contributed by atoms with Gasteiger partial charge in [-0.1, -0.05) is 67.1 Å². The average Bonchev–Trinajstić information content (AvgIpc) is 3.46. The van der Waals surface area contributed by atoms with Crippen LogP contribution < -0.4 is 4.90 Å². The predicted molar refractivity (Wildman–Crippen MR) is 146 cm³/mol. The molecule has 0 saturated carbocycles. The molecule has 0 unspecified atom stereocenters. The molecule has 6 heteroatoms. The second kappa shape index (κ2) is 9.34. The fourth-order valence-corrected chi connectivity index (χ4v) is 6.57. The molecule has 0 bridgehead atoms. The number of hydrogen-bond acceptors (Lipinski definition) is 5. The lowest BCUT2D eigenvalue weighted by Crippen LogP contribution is -2.57. The third kappa shape index (κ3) is 3.91. The van der Waals surface area contributed by atoms with Crippen molar-refractivity contribution >= 4 is 23.1 Å². The van der Waals surface area contributed by atoms with E-state index >= 15 is 0 Å². The maximum absolute atomic E-state index is 12.9. The SMILES string of the molecule is C[C@@H]1CN(c2nc3ccccc3o2)C[C@H](C)N1CCCCC1(C(=O)O)c2ccccc2-c2ccccc21. The Morgan fingerprint density at radius 1 is 0.919 bits per heavy atom. The first-order valence-electron chi connectivity index (χ1n) is 13.3. The lowest BCUT2D eigenvalue weighted by Gasteiger charge is -2.44. The van der Waals surface area contributed by atoms with Gasteiger partial charge in [-0.2, -0.15) is 4.98 Å². The molecule has 3 aromatic carbocycles. The molecule has 1 aliphatic carbocycles. The van der Waals surface area contributed by atoms with Crippen molar-refractivity contribution in [2.45, 2.75) is 50.6 Å². The molecule has 1 fully saturated rings. The van der Waals surface area contributed by atoms with Crippen molar-refractivity contribution in [2.75, 3.05) is 24.5 Å². The van der Waals surface area contributed by atoms with Gasteiger partial charge in [0.25, 0.3) is 6.01 Å². The van der Waals surface area contributed by atoms with Gasteiger partial charge in [-0.25, -0.2) is 0 Å². The molecule has 4 aromatic rings. The van der Waals surface area contributed by atoms with Crippen LogP contribution in [0.4, 0.5) is 6.01 Å². The van der Waals surface area contributed by atoms with Crippen molar-refractivity contribution in [2.24, 2.45) is 0 Å². The largest absolute Gasteiger partial charge is 0.480 e. The number of rotatable bonds is 7. The van der Waals surface area contributed by atoms with Gasteiger partial charge in [-0.15, -0.1) is 0 Å². The van der Waals surface area contributed by atoms with Gasteiger partial charge in [0.15, 0.2) is 5.58 Å². The molecule has 1 aromatic heterocycles. The molecule has 1 aliphatic heterocycles. The Kier molecular flexibility index (Phi) is 6.00. The van der Waals surface area contributed by atoms with E-state index in [9.17, 15) is 9.90 Å². The van der Waals surface area contributed by atoms with Gasteiger partial charge in [-0.05, 0) is 67.6 Å². The summed E-state index contributed by atoms with van der Waals surface area (Å²) in [4.78, 5) is 22.3. The fraction of sp³-hybridized carbons (Fsp3) is 0.355. The fourth-order valence-electron chi connectivity index (χ4n) is 6.57. The summed E-state index contributed by atoms with van der Waals surface area (Å²) in [5.74, 6) is -0.751. The minimum absolute atomic E-state index is 0.347. The van der Waals surface area contributed by atoms with Crippen LogP contribution in [-0.2, 0) is 10.2 Å². The maximum Gasteiger partial charge on any atom is 0.318 e. The lowest BCUT2D eigenvalue weighted by molar-refractivity contribution is -0.142. The van der Waals surface area contributed by atoms with Crippen molar-refractivity contribution in [3.8, 4) is 11.1 Å². The number of fused-ring (bicyclic) bond motifs is 4. The van der Waals surface area contributed by atoms with Gasteiger partial charge in [-0.3, -0.25) is 9.69 Å². The van der Waals surface area contributed by atoms with E-state index in [1.54, 1.807) is 0 Å². The monoisotopic (exact) mass is 495 g/mol. The van der Waals surface area contributed by atoms with Crippen LogP contribution in [0.3, 0.4) is 0 Å². The number of carboxylic acids is 1. The topological polar surface area (TPSA) is 69.8 Å². The highest BCUT2D eigenvalue weighted by Gasteiger charge is 2.48. The zero-order valence-electron chi connectivity index (χ0n) is 21.4. The quantitative estimate of drug-likeness (QED) is 0.320. The third-order valence-corrected chi connectivity index (χ3v) is 8.30. The molecule has 37 heavy (non-hydrogen) atoms. The molecule has 6 nitrogen and oxygen atoms in total. The minimum atomic E-state index is -0.976. The van der Waals surface area contributed by atoms with Crippen LogP contribution in [-0.4, -0.2) is 52.7 Å². The molecule has 0 spiro atoms. The van der Waals surface area contributed by atoms with E-state index in [-0.39, 0.29) is 0 Å². The van der Waals surface area contributed by atoms with E-state index in [4.69, 9.17) is 9.40 Å². The summed E-state index contributed by atoms with van der Waals surface area (Å²) in [6.07, 6.45) is 2.40. The number of carboxylic acid groups (broad SMARTS) is 1. The van der Waals surface area contributed by atoms with Crippen molar-refractivity contribution in [1.29, 1.82) is 0 Å². The third-order valence-electron chi connectivity index (χ3n) is 8.30. The molecule has 2 aliphatic rings. The normalized spacial score (nSPS) is 20.6. The van der Waals surface area contributed by atoms with Crippen LogP contribution in [0.5, 0.6) is 0 Å². The number of piperazine rings is 1. The Morgan fingerprint density at radius 2 is 1.51 bits per heavy atom. The predicted octanol–water partition coefficient (Wildman–Crippen LogP) is 5.95. The molecule has 1 saturated heterocycles. The van der Waals surface area contributed by atoms with E-state index in [1.165, 1.54) is 0 Å². The average molecular weight is 496 g/mol. The Bertz CT molecular complexity index is 1350. The van der Waals surface area contributed by atoms with E-state index in [0.29, 0.717) is 24.5 Å². The van der Waals surface area contributed by atoms with Gasteiger partial charge in [0.1, 0.15) is 10.9 Å². The highest BCUT2D eigenvalue weighted by molar-refractivity contribution is 5.97. The summed E-state index contributed by atoms with van der Waals surface area (Å²) in [6.45, 7) is 7.18. The van der Waals surface area contributed by atoms with Crippen LogP contribution >= 0.6 is 0 Å². The Labute approximate surface area is 217 Å². The molecule has 1 N–H and O–H groups in total. The lowest BCUT2D eigenvalue weighted by atomic mass is 9.74. The summed E-state index contributed by atoms with van der Waals surface area (Å²) in [5, 5.41) is 10.5. The summed E-state index contributed by atoms with van der Waals surface area (Å²) < 4.78 is 6.03. The molecule has 0 radical (unpaired) electrons. The summed E-state index contributed by atoms with van der Waals surface area (Å²) in [6, 6.07) is 25.3. The van der Waals surface area contributed by atoms with Crippen molar-refractivity contribution < 1.29 is 14.3 Å². The van der Waals surface area contributed by atoms with Crippen molar-refractivity contribution in [1.82, 2.24) is 9.88 Å². The Balaban J connectivity index is 1.13. The number of aliphatic carboxylic acids is 1. The molecular formula is C31H33N3O3. The van der Waals surface area contributed by atoms with E-state index in [1.807, 2.05) is 60.7 Å². The second-order valence-corrected chi connectivity index (χ2v) is 10.6. The van der Waals surface area contributed by atoms with Gasteiger partial charge >= 0.3 is 5.97 Å². The molecule has 190 valence electrons. The highest BCUT2D eigenvalue weighted by Crippen LogP contribution is 2.51. The molecule has 0 amide bonds. The number of para-hydroxylation sites is 2. The van der Waals surface area contributed by atoms with Crippen molar-refractivity contribution in [3.63, 3.8) is 0 Å². The van der Waals surface area contributed by atoms with Gasteiger partial charge in [0.05, 0.1) is 0 Å². The first-order valence-corrected chi connectivity index (χ1v) is 13.3. The second-order valence-electron chi connectivity index (χ2n) is 10.6. The van der Waals surface area contributed by atoms with Crippen molar-refractivity contribution in [3.05, 3.63) is 83.9 Å². The van der Waals surface area contributed by atoms with Crippen LogP contribution in [0.15, 0.2) is 77.2 Å². The summed E-state index contributed by atoms with van der Waals surface area (Å²) in [5.41, 5.74) is 4.70. The Morgan fingerprint density at radius 3 is 2.14 bits per heavy atom. The van der Waals surface area contributed by atoms with E-state index < -0.39 is 11.4 Å². The van der Waals surface area contributed by atoms with Gasteiger partial charge in [0.2, 0.25) is 0 Å². The van der Waals surface area contributed by atoms with Crippen LogP contribution in [0.1, 0.15) is 44.2 Å². The summed E-state index contributed by atoms with van der Waals surface area (Å²) in [7, 11) is 0. The number of hydrogen-bond donors (Lipinski definition) is 1. The molecule has 2 atom stereocenters. The van der Waals surface area contributed by atoms with Gasteiger partial charge < -0.3 is 14.4 Å². The van der Waals surface area contributed by atoms with Crippen LogP contribution in [0.2, 0.25) is 0 Å². The number of anilines is 1. The van der Waals surface area contributed by atoms with Crippen LogP contribution in [0.25, 0.3) is 22.2 Å². The number of benzene rings is 3. The van der Waals surface area contributed by atoms with Gasteiger partial charge in [0, 0.05) is 25.2 Å². The van der Waals surface area contributed by atoms with E-state index in [0.717, 1.165) is 65.8 Å². The number of unbranched alkanes of at least 4 members (excludes halogenated alkanes) is 1. The zero-order valence-corrected chi connectivity index (χ0v) is 21.4. The first-order chi connectivity index (χ1) is 18.0. The number of aromatic nitrogens is 1. The maximum atomic E-state index is 12.9. The number of oxazole rings is 1. The molecular weight excluding hydrogens is 462 g/mol. The standard InChI is InChI=1S/C31H33N3O3/c1-21-19-33(30-32-27-15-7-8-16-28(27)37-30)20-22(2)34(21)18-10-9-17-31(29(35)36)25-13-5-3-11-23(25)24-12-4-6-14-26(24)31/h3-8,11-16,21-22H,9-10,17-20H2,1-2H3,(H,35,36)/t21-,22+. The number of nitrogens with zero attached hydrogens (tertiary/aromatic N) is 3. The number of carbonyl (C=O) groups is 1. The molecule has 6 rings (SSSR count). The zero-order chi connectivity index (χ0) is 25.6. The smallest absolute Gasteiger partial charge is 0.318 e. The minimum Gasteiger partial charge on any atom is -0.480 e. The molecule has 2 heterocycles. The first kappa shape index (κ1) is 23.7. The summed E-state index contributed by atoms with van der Waals surface area (Å²) >= 11 is 0. The Hall–Kier alpha value is -3.64. The highest BCUT2D eigenvalue weighted by atomic mass is 16.4. The van der Waals surface area contributed by atoms with Crippen LogP contribution in [0, 0.1) is 0 Å².